The van der Waals surface area contributed by atoms with Crippen molar-refractivity contribution in [1.29, 1.82) is 0 Å². The first kappa shape index (κ1) is 19.0. The van der Waals surface area contributed by atoms with Crippen LogP contribution in [0, 0.1) is 0 Å². The van der Waals surface area contributed by atoms with Gasteiger partial charge >= 0.3 is 0 Å². The molecule has 0 bridgehead atoms. The molecular formula is C18H16Cl2N2O3. The van der Waals surface area contributed by atoms with Gasteiger partial charge in [0.15, 0.2) is 5.78 Å². The predicted octanol–water partition coefficient (Wildman–Crippen LogP) is 4.19. The lowest BCUT2D eigenvalue weighted by Crippen LogP contribution is -2.36. The maximum absolute atomic E-state index is 12.3. The van der Waals surface area contributed by atoms with Crippen LogP contribution in [0.4, 0.5) is 11.4 Å². The van der Waals surface area contributed by atoms with Crippen LogP contribution in [0.1, 0.15) is 24.2 Å². The van der Waals surface area contributed by atoms with Gasteiger partial charge in [0.2, 0.25) is 11.8 Å². The number of hydrogen-bond donors (Lipinski definition) is 1. The number of Topliss-reactive ketones (excluding diaryl/α,β-unsaturated/α-hetero) is 1. The van der Waals surface area contributed by atoms with Gasteiger partial charge in [-0.3, -0.25) is 14.4 Å². The first-order chi connectivity index (χ1) is 11.8. The highest BCUT2D eigenvalue weighted by Crippen LogP contribution is 2.29. The highest BCUT2D eigenvalue weighted by atomic mass is 35.5. The minimum atomic E-state index is -0.421. The molecule has 0 aromatic heterocycles. The van der Waals surface area contributed by atoms with Crippen molar-refractivity contribution in [2.45, 2.75) is 13.8 Å². The molecule has 130 valence electrons. The summed E-state index contributed by atoms with van der Waals surface area (Å²) in [6.07, 6.45) is 0. The second-order valence-corrected chi connectivity index (χ2v) is 6.14. The molecule has 25 heavy (non-hydrogen) atoms. The lowest BCUT2D eigenvalue weighted by molar-refractivity contribution is -0.120. The van der Waals surface area contributed by atoms with Gasteiger partial charge in [-0.2, -0.15) is 0 Å². The van der Waals surface area contributed by atoms with Crippen molar-refractivity contribution < 1.29 is 14.4 Å². The van der Waals surface area contributed by atoms with E-state index in [0.29, 0.717) is 22.0 Å². The average molecular weight is 379 g/mol. The van der Waals surface area contributed by atoms with E-state index in [-0.39, 0.29) is 23.3 Å². The Morgan fingerprint density at radius 1 is 1.00 bits per heavy atom. The molecule has 2 aromatic carbocycles. The van der Waals surface area contributed by atoms with Crippen molar-refractivity contribution in [3.8, 4) is 0 Å². The normalized spacial score (nSPS) is 10.2. The molecule has 0 radical (unpaired) electrons. The van der Waals surface area contributed by atoms with E-state index >= 15 is 0 Å². The molecule has 1 N–H and O–H groups in total. The zero-order valence-corrected chi connectivity index (χ0v) is 15.2. The first-order valence-electron chi connectivity index (χ1n) is 7.42. The van der Waals surface area contributed by atoms with Gasteiger partial charge in [0.25, 0.3) is 0 Å². The third-order valence-electron chi connectivity index (χ3n) is 3.49. The van der Waals surface area contributed by atoms with E-state index in [1.807, 2.05) is 0 Å². The van der Waals surface area contributed by atoms with E-state index in [1.54, 1.807) is 42.5 Å². The largest absolute Gasteiger partial charge is 0.323 e. The van der Waals surface area contributed by atoms with E-state index < -0.39 is 5.91 Å². The molecule has 0 aliphatic rings. The van der Waals surface area contributed by atoms with Gasteiger partial charge in [-0.25, -0.2) is 0 Å². The Kier molecular flexibility index (Phi) is 6.17. The summed E-state index contributed by atoms with van der Waals surface area (Å²) in [6, 6.07) is 11.4. The van der Waals surface area contributed by atoms with Crippen molar-refractivity contribution in [2.24, 2.45) is 0 Å². The average Bonchev–Trinajstić information content (AvgIpc) is 2.56. The van der Waals surface area contributed by atoms with Crippen molar-refractivity contribution in [3.05, 3.63) is 58.1 Å². The second kappa shape index (κ2) is 8.14. The number of nitrogens with one attached hydrogen (secondary N) is 1. The van der Waals surface area contributed by atoms with Crippen LogP contribution in [-0.4, -0.2) is 24.1 Å². The summed E-state index contributed by atoms with van der Waals surface area (Å²) < 4.78 is 0. The zero-order chi connectivity index (χ0) is 18.6. The monoisotopic (exact) mass is 378 g/mol. The van der Waals surface area contributed by atoms with Gasteiger partial charge in [0.05, 0.1) is 15.7 Å². The van der Waals surface area contributed by atoms with Crippen molar-refractivity contribution in [2.75, 3.05) is 16.8 Å². The SMILES string of the molecule is CC(=O)c1ccc(N(CC(=O)Nc2cccc(Cl)c2Cl)C(C)=O)cc1. The number of hydrogen-bond acceptors (Lipinski definition) is 3. The van der Waals surface area contributed by atoms with Crippen LogP contribution in [0.2, 0.25) is 10.0 Å². The number of anilines is 2. The molecule has 0 heterocycles. The lowest BCUT2D eigenvalue weighted by atomic mass is 10.1. The third kappa shape index (κ3) is 4.81. The Morgan fingerprint density at radius 2 is 1.64 bits per heavy atom. The van der Waals surface area contributed by atoms with Crippen LogP contribution < -0.4 is 10.2 Å². The summed E-state index contributed by atoms with van der Waals surface area (Å²) in [5.74, 6) is -0.799. The smallest absolute Gasteiger partial charge is 0.244 e. The summed E-state index contributed by atoms with van der Waals surface area (Å²) >= 11 is 12.0. The third-order valence-corrected chi connectivity index (χ3v) is 4.31. The fraction of sp³-hybridized carbons (Fsp3) is 0.167. The van der Waals surface area contributed by atoms with E-state index in [1.165, 1.54) is 18.7 Å². The summed E-state index contributed by atoms with van der Waals surface area (Å²) in [5.41, 5.74) is 1.42. The van der Waals surface area contributed by atoms with Crippen LogP contribution in [0.3, 0.4) is 0 Å². The van der Waals surface area contributed by atoms with Crippen molar-refractivity contribution in [3.63, 3.8) is 0 Å². The second-order valence-electron chi connectivity index (χ2n) is 5.36. The fourth-order valence-electron chi connectivity index (χ4n) is 2.19. The summed E-state index contributed by atoms with van der Waals surface area (Å²) in [5, 5.41) is 3.19. The number of halogens is 2. The zero-order valence-electron chi connectivity index (χ0n) is 13.7. The number of benzene rings is 2. The molecule has 0 saturated heterocycles. The van der Waals surface area contributed by atoms with Gasteiger partial charge in [-0.1, -0.05) is 29.3 Å². The predicted molar refractivity (Wildman–Crippen MR) is 99.6 cm³/mol. The molecule has 2 aromatic rings. The molecule has 0 unspecified atom stereocenters. The van der Waals surface area contributed by atoms with Crippen LogP contribution in [0.25, 0.3) is 0 Å². The molecule has 5 nitrogen and oxygen atoms in total. The van der Waals surface area contributed by atoms with E-state index in [9.17, 15) is 14.4 Å². The van der Waals surface area contributed by atoms with E-state index in [2.05, 4.69) is 5.32 Å². The van der Waals surface area contributed by atoms with Crippen molar-refractivity contribution in [1.82, 2.24) is 0 Å². The lowest BCUT2D eigenvalue weighted by Gasteiger charge is -2.21. The Balaban J connectivity index is 2.15. The van der Waals surface area contributed by atoms with Gasteiger partial charge < -0.3 is 10.2 Å². The Morgan fingerprint density at radius 3 is 2.20 bits per heavy atom. The molecule has 2 rings (SSSR count). The topological polar surface area (TPSA) is 66.5 Å². The Hall–Kier alpha value is -2.37. The molecule has 0 aliphatic heterocycles. The minimum Gasteiger partial charge on any atom is -0.323 e. The van der Waals surface area contributed by atoms with Crippen LogP contribution in [0.5, 0.6) is 0 Å². The maximum Gasteiger partial charge on any atom is 0.244 e. The van der Waals surface area contributed by atoms with Crippen LogP contribution in [-0.2, 0) is 9.59 Å². The standard InChI is InChI=1S/C18H16Cl2N2O3/c1-11(23)13-6-8-14(9-7-13)22(12(2)24)10-17(25)21-16-5-3-4-15(19)18(16)20/h3-9H,10H2,1-2H3,(H,21,25). The van der Waals surface area contributed by atoms with Gasteiger partial charge in [0, 0.05) is 18.2 Å². The number of ketones is 1. The number of carbonyl (C=O) groups excluding carboxylic acids is 3. The summed E-state index contributed by atoms with van der Waals surface area (Å²) in [6.45, 7) is 2.62. The van der Waals surface area contributed by atoms with Gasteiger partial charge in [-0.15, -0.1) is 0 Å². The maximum atomic E-state index is 12.3. The number of amides is 2. The Bertz CT molecular complexity index is 820. The molecule has 7 heteroatoms. The number of rotatable bonds is 5. The molecule has 0 aliphatic carbocycles. The summed E-state index contributed by atoms with van der Waals surface area (Å²) in [4.78, 5) is 36.8. The summed E-state index contributed by atoms with van der Waals surface area (Å²) in [7, 11) is 0. The fourth-order valence-corrected chi connectivity index (χ4v) is 2.54. The van der Waals surface area contributed by atoms with E-state index in [0.717, 1.165) is 0 Å². The quantitative estimate of drug-likeness (QED) is 0.793. The molecular weight excluding hydrogens is 363 g/mol. The van der Waals surface area contributed by atoms with Crippen LogP contribution >= 0.6 is 23.2 Å². The molecule has 0 fully saturated rings. The number of carbonyl (C=O) groups is 3. The molecule has 0 atom stereocenters. The minimum absolute atomic E-state index is 0.0748. The Labute approximate surface area is 155 Å². The molecule has 0 spiro atoms. The number of nitrogens with zero attached hydrogens (tertiary/aromatic N) is 1. The van der Waals surface area contributed by atoms with Gasteiger partial charge in [0.1, 0.15) is 6.54 Å². The molecule has 0 saturated carbocycles. The first-order valence-corrected chi connectivity index (χ1v) is 8.18. The van der Waals surface area contributed by atoms with Crippen LogP contribution in [0.15, 0.2) is 42.5 Å². The van der Waals surface area contributed by atoms with Gasteiger partial charge in [-0.05, 0) is 43.3 Å². The van der Waals surface area contributed by atoms with Crippen molar-refractivity contribution >= 4 is 52.2 Å². The molecule has 2 amide bonds. The highest BCUT2D eigenvalue weighted by molar-refractivity contribution is 6.44. The van der Waals surface area contributed by atoms with E-state index in [4.69, 9.17) is 23.2 Å². The highest BCUT2D eigenvalue weighted by Gasteiger charge is 2.17.